The van der Waals surface area contributed by atoms with Crippen LogP contribution in [0.3, 0.4) is 0 Å². The fraction of sp³-hybridized carbons (Fsp3) is 0.333. The maximum atomic E-state index is 12.8. The van der Waals surface area contributed by atoms with Crippen LogP contribution in [0, 0.1) is 0 Å². The number of halogens is 3. The molecule has 2 aromatic rings. The average molecular weight is 319 g/mol. The van der Waals surface area contributed by atoms with Gasteiger partial charge in [0.2, 0.25) is 0 Å². The van der Waals surface area contributed by atoms with Crippen LogP contribution in [-0.4, -0.2) is 35.1 Å². The number of hydrogen-bond donors (Lipinski definition) is 0. The maximum absolute atomic E-state index is 12.8. The van der Waals surface area contributed by atoms with Crippen molar-refractivity contribution in [3.05, 3.63) is 30.0 Å². The Labute approximate surface area is 111 Å². The van der Waals surface area contributed by atoms with Gasteiger partial charge in [0.05, 0.1) is 0 Å². The molecule has 0 amide bonds. The SMILES string of the molecule is COCCn1ccc2cc(C(F)(F)F)c([AsH2])cc21. The van der Waals surface area contributed by atoms with E-state index in [1.165, 1.54) is 6.07 Å². The van der Waals surface area contributed by atoms with E-state index in [-0.39, 0.29) is 0 Å². The Balaban J connectivity index is 2.49. The molecule has 0 N–H and O–H groups in total. The Kier molecular flexibility index (Phi) is 3.73. The van der Waals surface area contributed by atoms with Gasteiger partial charge in [-0.25, -0.2) is 0 Å². The van der Waals surface area contributed by atoms with Crippen LogP contribution in [-0.2, 0) is 17.5 Å². The summed E-state index contributed by atoms with van der Waals surface area (Å²) < 4.78 is 45.5. The van der Waals surface area contributed by atoms with Crippen molar-refractivity contribution in [2.45, 2.75) is 12.7 Å². The Morgan fingerprint density at radius 3 is 2.67 bits per heavy atom. The van der Waals surface area contributed by atoms with Crippen molar-refractivity contribution >= 4 is 32.1 Å². The van der Waals surface area contributed by atoms with Gasteiger partial charge in [0.25, 0.3) is 0 Å². The molecule has 1 unspecified atom stereocenters. The first-order valence-electron chi connectivity index (χ1n) is 5.38. The molecule has 2 rings (SSSR count). The minimum absolute atomic E-state index is 0.305. The third-order valence-corrected chi connectivity index (χ3v) is 3.79. The summed E-state index contributed by atoms with van der Waals surface area (Å²) in [4.78, 5) is 0. The van der Waals surface area contributed by atoms with Gasteiger partial charge < -0.3 is 0 Å². The molecule has 0 bridgehead atoms. The van der Waals surface area contributed by atoms with Crippen molar-refractivity contribution in [3.63, 3.8) is 0 Å². The average Bonchev–Trinajstić information content (AvgIpc) is 2.66. The van der Waals surface area contributed by atoms with Crippen molar-refractivity contribution < 1.29 is 17.9 Å². The summed E-state index contributed by atoms with van der Waals surface area (Å²) in [5.74, 6) is 0. The summed E-state index contributed by atoms with van der Waals surface area (Å²) in [6.45, 7) is 1.17. The standard InChI is InChI=1S/C12H13AsF3NO/c1-18-5-4-17-3-2-8-6-9(12(14,15)16)10(13)7-11(8)17/h2-3,6-7H,4-5,13H2,1H3. The number of fused-ring (bicyclic) bond motifs is 1. The number of alkyl halides is 3. The zero-order chi connectivity index (χ0) is 13.3. The van der Waals surface area contributed by atoms with Crippen LogP contribution in [0.4, 0.5) is 13.2 Å². The van der Waals surface area contributed by atoms with Crippen molar-refractivity contribution in [1.29, 1.82) is 0 Å². The molecule has 0 spiro atoms. The monoisotopic (exact) mass is 319 g/mol. The van der Waals surface area contributed by atoms with Crippen molar-refractivity contribution in [1.82, 2.24) is 4.57 Å². The van der Waals surface area contributed by atoms with Gasteiger partial charge in [0.1, 0.15) is 0 Å². The van der Waals surface area contributed by atoms with Crippen LogP contribution in [0.5, 0.6) is 0 Å². The zero-order valence-corrected chi connectivity index (χ0v) is 12.2. The first kappa shape index (κ1) is 13.5. The number of hydrogen-bond acceptors (Lipinski definition) is 1. The normalized spacial score (nSPS) is 12.3. The van der Waals surface area contributed by atoms with Crippen LogP contribution < -0.4 is 4.35 Å². The van der Waals surface area contributed by atoms with Gasteiger partial charge in [0.15, 0.2) is 0 Å². The number of aromatic nitrogens is 1. The van der Waals surface area contributed by atoms with Gasteiger partial charge in [-0.1, -0.05) is 0 Å². The molecule has 2 nitrogen and oxygen atoms in total. The summed E-state index contributed by atoms with van der Waals surface area (Å²) in [6.07, 6.45) is -2.50. The van der Waals surface area contributed by atoms with Crippen LogP contribution in [0.1, 0.15) is 5.56 Å². The molecule has 18 heavy (non-hydrogen) atoms. The third kappa shape index (κ3) is 2.57. The fourth-order valence-corrected chi connectivity index (χ4v) is 2.73. The Morgan fingerprint density at radius 1 is 1.33 bits per heavy atom. The quantitative estimate of drug-likeness (QED) is 0.784. The summed E-state index contributed by atoms with van der Waals surface area (Å²) in [7, 11) is 1.60. The second-order valence-electron chi connectivity index (χ2n) is 4.00. The third-order valence-electron chi connectivity index (χ3n) is 2.78. The second kappa shape index (κ2) is 4.98. The first-order valence-corrected chi connectivity index (χ1v) is 6.59. The van der Waals surface area contributed by atoms with E-state index in [2.05, 4.69) is 0 Å². The predicted octanol–water partition coefficient (Wildman–Crippen LogP) is 1.56. The summed E-state index contributed by atoms with van der Waals surface area (Å²) in [5, 5.41) is 0.611. The van der Waals surface area contributed by atoms with Gasteiger partial charge >= 0.3 is 111 Å². The molecular weight excluding hydrogens is 306 g/mol. The summed E-state index contributed by atoms with van der Waals surface area (Å²) in [6, 6.07) is 4.52. The number of methoxy groups -OCH3 is 1. The van der Waals surface area contributed by atoms with Gasteiger partial charge in [-0.15, -0.1) is 0 Å². The molecule has 1 atom stereocenters. The van der Waals surface area contributed by atoms with E-state index in [1.807, 2.05) is 4.57 Å². The predicted molar refractivity (Wildman–Crippen MR) is 67.0 cm³/mol. The first-order chi connectivity index (χ1) is 8.43. The van der Waals surface area contributed by atoms with Crippen molar-refractivity contribution in [2.24, 2.45) is 0 Å². The summed E-state index contributed by atoms with van der Waals surface area (Å²) in [5.41, 5.74) is 0.277. The zero-order valence-electron chi connectivity index (χ0n) is 9.79. The molecular formula is C12H13AsF3NO. The van der Waals surface area contributed by atoms with E-state index in [4.69, 9.17) is 4.74 Å². The molecule has 0 radical (unpaired) electrons. The number of rotatable bonds is 3. The minimum atomic E-state index is -4.28. The molecule has 1 aromatic carbocycles. The van der Waals surface area contributed by atoms with Gasteiger partial charge in [-0.2, -0.15) is 0 Å². The molecule has 98 valence electrons. The van der Waals surface area contributed by atoms with E-state index in [9.17, 15) is 13.2 Å². The Hall–Kier alpha value is -0.932. The fourth-order valence-electron chi connectivity index (χ4n) is 1.88. The molecule has 0 fully saturated rings. The summed E-state index contributed by atoms with van der Waals surface area (Å²) >= 11 is 0.984. The molecule has 0 aliphatic rings. The molecule has 0 aliphatic heterocycles. The van der Waals surface area contributed by atoms with Crippen LogP contribution >= 0.6 is 0 Å². The van der Waals surface area contributed by atoms with Gasteiger partial charge in [-0.05, 0) is 0 Å². The topological polar surface area (TPSA) is 14.2 Å². The van der Waals surface area contributed by atoms with Crippen LogP contribution in [0.15, 0.2) is 24.4 Å². The van der Waals surface area contributed by atoms with Crippen molar-refractivity contribution in [2.75, 3.05) is 13.7 Å². The van der Waals surface area contributed by atoms with E-state index in [0.29, 0.717) is 22.9 Å². The van der Waals surface area contributed by atoms with E-state index >= 15 is 0 Å². The second-order valence-corrected chi connectivity index (χ2v) is 5.30. The Bertz CT molecular complexity index is 562. The Morgan fingerprint density at radius 2 is 2.06 bits per heavy atom. The van der Waals surface area contributed by atoms with E-state index in [1.54, 1.807) is 25.4 Å². The number of nitrogens with zero attached hydrogens (tertiary/aromatic N) is 1. The van der Waals surface area contributed by atoms with Crippen molar-refractivity contribution in [3.8, 4) is 0 Å². The molecule has 1 heterocycles. The van der Waals surface area contributed by atoms with Gasteiger partial charge in [0, 0.05) is 0 Å². The molecule has 0 aliphatic carbocycles. The number of benzene rings is 1. The van der Waals surface area contributed by atoms with E-state index in [0.717, 1.165) is 22.4 Å². The molecule has 0 saturated heterocycles. The molecule has 6 heteroatoms. The molecule has 0 saturated carbocycles. The van der Waals surface area contributed by atoms with Gasteiger partial charge in [-0.3, -0.25) is 0 Å². The number of ether oxygens (including phenoxy) is 1. The van der Waals surface area contributed by atoms with Crippen LogP contribution in [0.25, 0.3) is 10.9 Å². The van der Waals surface area contributed by atoms with Crippen LogP contribution in [0.2, 0.25) is 0 Å². The van der Waals surface area contributed by atoms with E-state index < -0.39 is 11.7 Å². The molecule has 1 aromatic heterocycles.